The van der Waals surface area contributed by atoms with Crippen LogP contribution >= 0.6 is 0 Å². The fourth-order valence-corrected chi connectivity index (χ4v) is 7.93. The number of hydrogen-bond donors (Lipinski definition) is 1. The number of anilines is 1. The van der Waals surface area contributed by atoms with Gasteiger partial charge in [-0.1, -0.05) is 18.2 Å². The minimum atomic E-state index is -0.921. The Balaban J connectivity index is 0.996. The number of nitrogens with one attached hydrogen (secondary N) is 1. The summed E-state index contributed by atoms with van der Waals surface area (Å²) >= 11 is 0. The Morgan fingerprint density at radius 3 is 2.38 bits per heavy atom. The number of likely N-dealkylation sites (tertiary alicyclic amines) is 2. The Bertz CT molecular complexity index is 1620. The smallest absolute Gasteiger partial charge is 0.410 e. The largest absolute Gasteiger partial charge is 0.436 e. The molecule has 12 heteroatoms. The average molecular weight is 657 g/mol. The molecule has 3 aromatic rings. The number of benzene rings is 1. The standard InChI is InChI=1S/C36H48N8O4/c1-26-23-27(24-31-7-13-37-44(26)31)25-33(34(45)41-14-9-29(10-15-41)40-21-19-39(2)20-22-40)48-36(47)42-16-11-30(12-17-42)43-18-8-28-5-3-4-6-32(28)38-35(43)46/h3-7,13,23-24,29-30,33H,8-12,14-22,25H2,1-2H3,(H,38,46). The third-order valence-corrected chi connectivity index (χ3v) is 10.8. The molecule has 0 saturated carbocycles. The molecule has 2 aromatic heterocycles. The van der Waals surface area contributed by atoms with Crippen LogP contribution in [0.2, 0.25) is 0 Å². The van der Waals surface area contributed by atoms with E-state index in [1.54, 1.807) is 11.1 Å². The van der Waals surface area contributed by atoms with Crippen molar-refractivity contribution in [2.75, 3.05) is 71.3 Å². The number of fused-ring (bicyclic) bond motifs is 2. The number of ether oxygens (including phenoxy) is 1. The predicted octanol–water partition coefficient (Wildman–Crippen LogP) is 3.48. The number of piperidine rings is 2. The number of amides is 4. The van der Waals surface area contributed by atoms with Crippen LogP contribution in [-0.2, 0) is 22.4 Å². The second-order valence-corrected chi connectivity index (χ2v) is 13.9. The van der Waals surface area contributed by atoms with Gasteiger partial charge in [-0.05, 0) is 81.5 Å². The molecule has 3 saturated heterocycles. The summed E-state index contributed by atoms with van der Waals surface area (Å²) in [4.78, 5) is 51.3. The fourth-order valence-electron chi connectivity index (χ4n) is 7.93. The summed E-state index contributed by atoms with van der Waals surface area (Å²) in [5.41, 5.74) is 4.84. The summed E-state index contributed by atoms with van der Waals surface area (Å²) in [5.74, 6) is -0.123. The number of carbonyl (C=O) groups is 3. The number of para-hydroxylation sites is 1. The molecule has 48 heavy (non-hydrogen) atoms. The van der Waals surface area contributed by atoms with Crippen molar-refractivity contribution in [2.24, 2.45) is 0 Å². The van der Waals surface area contributed by atoms with Gasteiger partial charge < -0.3 is 29.7 Å². The fraction of sp³-hybridized carbons (Fsp3) is 0.556. The zero-order valence-corrected chi connectivity index (χ0v) is 28.2. The highest BCUT2D eigenvalue weighted by molar-refractivity contribution is 5.91. The Morgan fingerprint density at radius 2 is 1.60 bits per heavy atom. The molecular weight excluding hydrogens is 608 g/mol. The van der Waals surface area contributed by atoms with E-state index in [2.05, 4.69) is 33.3 Å². The van der Waals surface area contributed by atoms with Gasteiger partial charge in [-0.3, -0.25) is 9.69 Å². The lowest BCUT2D eigenvalue weighted by atomic mass is 10.0. The first-order chi connectivity index (χ1) is 23.3. The first kappa shape index (κ1) is 32.4. The van der Waals surface area contributed by atoms with Crippen LogP contribution in [0.15, 0.2) is 48.7 Å². The van der Waals surface area contributed by atoms with Crippen molar-refractivity contribution < 1.29 is 19.1 Å². The lowest BCUT2D eigenvalue weighted by Gasteiger charge is -2.42. The van der Waals surface area contributed by atoms with E-state index in [0.29, 0.717) is 58.0 Å². The van der Waals surface area contributed by atoms with Gasteiger partial charge in [0.2, 0.25) is 0 Å². The van der Waals surface area contributed by atoms with Gasteiger partial charge in [0.05, 0.1) is 5.52 Å². The van der Waals surface area contributed by atoms with Crippen LogP contribution in [0.1, 0.15) is 42.5 Å². The molecule has 4 aliphatic heterocycles. The van der Waals surface area contributed by atoms with Gasteiger partial charge in [-0.2, -0.15) is 5.10 Å². The molecule has 7 rings (SSSR count). The minimum Gasteiger partial charge on any atom is -0.436 e. The summed E-state index contributed by atoms with van der Waals surface area (Å²) in [6.07, 6.45) is 4.65. The second kappa shape index (κ2) is 14.1. The molecule has 1 N–H and O–H groups in total. The molecule has 0 spiro atoms. The third-order valence-electron chi connectivity index (χ3n) is 10.8. The number of hydrogen-bond acceptors (Lipinski definition) is 7. The third kappa shape index (κ3) is 7.00. The van der Waals surface area contributed by atoms with Crippen molar-refractivity contribution >= 4 is 29.2 Å². The van der Waals surface area contributed by atoms with Crippen molar-refractivity contribution in [1.29, 1.82) is 0 Å². The number of pyridine rings is 1. The molecule has 1 unspecified atom stereocenters. The molecule has 3 fully saturated rings. The quantitative estimate of drug-likeness (QED) is 0.433. The van der Waals surface area contributed by atoms with E-state index in [-0.39, 0.29) is 18.0 Å². The molecule has 4 aliphatic rings. The van der Waals surface area contributed by atoms with E-state index in [0.717, 1.165) is 73.5 Å². The van der Waals surface area contributed by atoms with Crippen LogP contribution in [0.25, 0.3) is 5.52 Å². The maximum absolute atomic E-state index is 14.1. The predicted molar refractivity (Wildman–Crippen MR) is 183 cm³/mol. The molecular formula is C36H48N8O4. The van der Waals surface area contributed by atoms with Crippen LogP contribution in [0.5, 0.6) is 0 Å². The van der Waals surface area contributed by atoms with Crippen molar-refractivity contribution in [3.05, 3.63) is 65.5 Å². The zero-order valence-electron chi connectivity index (χ0n) is 28.2. The summed E-state index contributed by atoms with van der Waals surface area (Å²) < 4.78 is 7.99. The Kier molecular flexibility index (Phi) is 9.54. The van der Waals surface area contributed by atoms with Gasteiger partial charge >= 0.3 is 12.1 Å². The number of nitrogens with zero attached hydrogens (tertiary/aromatic N) is 7. The topological polar surface area (TPSA) is 106 Å². The summed E-state index contributed by atoms with van der Waals surface area (Å²) in [5, 5.41) is 7.44. The number of aryl methyl sites for hydroxylation is 1. The first-order valence-electron chi connectivity index (χ1n) is 17.6. The van der Waals surface area contributed by atoms with Gasteiger partial charge in [0.1, 0.15) is 0 Å². The highest BCUT2D eigenvalue weighted by Crippen LogP contribution is 2.26. The molecule has 256 valence electrons. The number of urea groups is 1. The van der Waals surface area contributed by atoms with E-state index in [1.165, 1.54) is 0 Å². The lowest BCUT2D eigenvalue weighted by molar-refractivity contribution is -0.142. The number of piperazine rings is 1. The molecule has 12 nitrogen and oxygen atoms in total. The zero-order chi connectivity index (χ0) is 33.2. The minimum absolute atomic E-state index is 0.0350. The first-order valence-corrected chi connectivity index (χ1v) is 17.6. The summed E-state index contributed by atoms with van der Waals surface area (Å²) in [6, 6.07) is 14.3. The van der Waals surface area contributed by atoms with Gasteiger partial charge in [0.25, 0.3) is 5.91 Å². The van der Waals surface area contributed by atoms with Crippen LogP contribution in [0.3, 0.4) is 0 Å². The van der Waals surface area contributed by atoms with Crippen LogP contribution in [-0.4, -0.2) is 136 Å². The SMILES string of the molecule is Cc1cc(CC(OC(=O)N2CCC(N3CCc4ccccc4NC3=O)CC2)C(=O)N2CCC(N3CCN(C)CC3)CC2)cc2ccnn12. The van der Waals surface area contributed by atoms with Gasteiger partial charge in [0, 0.05) is 95.0 Å². The Labute approximate surface area is 282 Å². The van der Waals surface area contributed by atoms with Crippen LogP contribution < -0.4 is 5.32 Å². The van der Waals surface area contributed by atoms with Gasteiger partial charge in [0.15, 0.2) is 6.10 Å². The lowest BCUT2D eigenvalue weighted by Crippen LogP contribution is -2.54. The average Bonchev–Trinajstić information content (AvgIpc) is 3.52. The molecule has 6 heterocycles. The van der Waals surface area contributed by atoms with E-state index in [9.17, 15) is 14.4 Å². The van der Waals surface area contributed by atoms with Crippen molar-refractivity contribution in [3.63, 3.8) is 0 Å². The number of aromatic nitrogens is 2. The normalized spacial score (nSPS) is 21.1. The maximum Gasteiger partial charge on any atom is 0.410 e. The highest BCUT2D eigenvalue weighted by Gasteiger charge is 2.36. The van der Waals surface area contributed by atoms with E-state index in [4.69, 9.17) is 4.74 Å². The Morgan fingerprint density at radius 1 is 0.896 bits per heavy atom. The molecule has 1 aromatic carbocycles. The van der Waals surface area contributed by atoms with Crippen molar-refractivity contribution in [2.45, 2.75) is 63.6 Å². The Hall–Kier alpha value is -4.16. The van der Waals surface area contributed by atoms with Crippen molar-refractivity contribution in [3.8, 4) is 0 Å². The number of rotatable bonds is 6. The van der Waals surface area contributed by atoms with E-state index in [1.807, 2.05) is 57.6 Å². The molecule has 1 atom stereocenters. The van der Waals surface area contributed by atoms with Gasteiger partial charge in [-0.15, -0.1) is 0 Å². The number of likely N-dealkylation sites (N-methyl/N-ethyl adjacent to an activating group) is 1. The number of carbonyl (C=O) groups excluding carboxylic acids is 3. The highest BCUT2D eigenvalue weighted by atomic mass is 16.6. The maximum atomic E-state index is 14.1. The monoisotopic (exact) mass is 656 g/mol. The molecule has 0 bridgehead atoms. The molecule has 0 radical (unpaired) electrons. The second-order valence-electron chi connectivity index (χ2n) is 13.9. The summed E-state index contributed by atoms with van der Waals surface area (Å²) in [7, 11) is 2.17. The van der Waals surface area contributed by atoms with Crippen LogP contribution in [0.4, 0.5) is 15.3 Å². The molecule has 4 amide bonds. The van der Waals surface area contributed by atoms with Crippen molar-refractivity contribution in [1.82, 2.24) is 34.1 Å². The summed E-state index contributed by atoms with van der Waals surface area (Å²) in [6.45, 7) is 9.19. The van der Waals surface area contributed by atoms with Crippen LogP contribution in [0, 0.1) is 6.92 Å². The van der Waals surface area contributed by atoms with Gasteiger partial charge in [-0.25, -0.2) is 14.1 Å². The molecule has 0 aliphatic carbocycles. The van der Waals surface area contributed by atoms with E-state index < -0.39 is 12.2 Å². The van der Waals surface area contributed by atoms with E-state index >= 15 is 0 Å².